The summed E-state index contributed by atoms with van der Waals surface area (Å²) >= 11 is 0. The van der Waals surface area contributed by atoms with Gasteiger partial charge in [-0.15, -0.1) is 0 Å². The van der Waals surface area contributed by atoms with Crippen molar-refractivity contribution in [3.63, 3.8) is 0 Å². The predicted octanol–water partition coefficient (Wildman–Crippen LogP) is 4.78. The number of hydrogen-bond acceptors (Lipinski definition) is 2. The van der Waals surface area contributed by atoms with E-state index in [1.54, 1.807) is 0 Å². The van der Waals surface area contributed by atoms with E-state index >= 15 is 0 Å². The molecule has 21 heavy (non-hydrogen) atoms. The second kappa shape index (κ2) is 6.14. The standard InChI is InChI=1S/C10H9N.C9H7N/c1-8-10-5-3-2-4-9(10)6-7-11-8;1-2-6-9-8(4-1)5-3-7-10-9/h2-7H,1H3;1-7H. The topological polar surface area (TPSA) is 25.8 Å². The summed E-state index contributed by atoms with van der Waals surface area (Å²) in [5.74, 6) is 0. The van der Waals surface area contributed by atoms with Crippen molar-refractivity contribution in [2.75, 3.05) is 0 Å². The van der Waals surface area contributed by atoms with Gasteiger partial charge in [-0.2, -0.15) is 0 Å². The monoisotopic (exact) mass is 272 g/mol. The summed E-state index contributed by atoms with van der Waals surface area (Å²) < 4.78 is 0. The first-order valence-corrected chi connectivity index (χ1v) is 6.95. The van der Waals surface area contributed by atoms with E-state index in [0.717, 1.165) is 11.2 Å². The van der Waals surface area contributed by atoms with E-state index in [1.165, 1.54) is 16.2 Å². The molecule has 0 radical (unpaired) electrons. The first-order chi connectivity index (χ1) is 10.3. The molecule has 2 heteroatoms. The highest BCUT2D eigenvalue weighted by molar-refractivity contribution is 5.83. The van der Waals surface area contributed by atoms with Gasteiger partial charge in [0, 0.05) is 28.9 Å². The summed E-state index contributed by atoms with van der Waals surface area (Å²) in [5.41, 5.74) is 2.16. The van der Waals surface area contributed by atoms with Crippen molar-refractivity contribution >= 4 is 21.7 Å². The maximum atomic E-state index is 4.21. The van der Waals surface area contributed by atoms with Crippen LogP contribution in [0.5, 0.6) is 0 Å². The highest BCUT2D eigenvalue weighted by Crippen LogP contribution is 2.14. The van der Waals surface area contributed by atoms with Gasteiger partial charge in [0.25, 0.3) is 0 Å². The van der Waals surface area contributed by atoms with E-state index in [4.69, 9.17) is 0 Å². The second-order valence-electron chi connectivity index (χ2n) is 4.81. The van der Waals surface area contributed by atoms with E-state index in [9.17, 15) is 0 Å². The van der Waals surface area contributed by atoms with Gasteiger partial charge in [0.05, 0.1) is 5.52 Å². The summed E-state index contributed by atoms with van der Waals surface area (Å²) in [6.45, 7) is 2.03. The van der Waals surface area contributed by atoms with Gasteiger partial charge < -0.3 is 0 Å². The molecule has 4 aromatic rings. The molecular formula is C19H16N2. The Labute approximate surface area is 124 Å². The normalized spacial score (nSPS) is 10.1. The third-order valence-electron chi connectivity index (χ3n) is 3.39. The van der Waals surface area contributed by atoms with Crippen LogP contribution >= 0.6 is 0 Å². The molecule has 0 atom stereocenters. The van der Waals surface area contributed by atoms with Crippen LogP contribution in [-0.2, 0) is 0 Å². The van der Waals surface area contributed by atoms with Crippen LogP contribution in [0.4, 0.5) is 0 Å². The molecule has 0 fully saturated rings. The summed E-state index contributed by atoms with van der Waals surface area (Å²) in [6.07, 6.45) is 3.65. The largest absolute Gasteiger partial charge is 0.261 e. The van der Waals surface area contributed by atoms with Crippen LogP contribution in [0.3, 0.4) is 0 Å². The minimum absolute atomic E-state index is 1.06. The predicted molar refractivity (Wildman–Crippen MR) is 88.2 cm³/mol. The lowest BCUT2D eigenvalue weighted by atomic mass is 10.1. The van der Waals surface area contributed by atoms with E-state index in [2.05, 4.69) is 34.2 Å². The lowest BCUT2D eigenvalue weighted by Gasteiger charge is -1.97. The van der Waals surface area contributed by atoms with Crippen LogP contribution in [-0.4, -0.2) is 9.97 Å². The van der Waals surface area contributed by atoms with Crippen molar-refractivity contribution in [1.82, 2.24) is 9.97 Å². The number of benzene rings is 2. The maximum Gasteiger partial charge on any atom is 0.0701 e. The number of hydrogen-bond donors (Lipinski definition) is 0. The fraction of sp³-hybridized carbons (Fsp3) is 0.0526. The minimum Gasteiger partial charge on any atom is -0.261 e. The molecule has 0 aliphatic heterocycles. The maximum absolute atomic E-state index is 4.21. The molecule has 2 aromatic heterocycles. The molecule has 0 spiro atoms. The Kier molecular flexibility index (Phi) is 3.88. The number of aryl methyl sites for hydroxylation is 1. The van der Waals surface area contributed by atoms with Crippen molar-refractivity contribution in [3.05, 3.63) is 84.8 Å². The Morgan fingerprint density at radius 1 is 0.619 bits per heavy atom. The van der Waals surface area contributed by atoms with Crippen LogP contribution in [0.25, 0.3) is 21.7 Å². The Hall–Kier alpha value is -2.74. The highest BCUT2D eigenvalue weighted by atomic mass is 14.7. The molecule has 0 N–H and O–H groups in total. The summed E-state index contributed by atoms with van der Waals surface area (Å²) in [7, 11) is 0. The van der Waals surface area contributed by atoms with Crippen molar-refractivity contribution in [1.29, 1.82) is 0 Å². The van der Waals surface area contributed by atoms with E-state index < -0.39 is 0 Å². The summed E-state index contributed by atoms with van der Waals surface area (Å²) in [5, 5.41) is 3.71. The van der Waals surface area contributed by atoms with Crippen molar-refractivity contribution in [2.45, 2.75) is 6.92 Å². The van der Waals surface area contributed by atoms with Gasteiger partial charge in [-0.25, -0.2) is 0 Å². The molecule has 102 valence electrons. The molecule has 0 aliphatic rings. The number of para-hydroxylation sites is 1. The number of fused-ring (bicyclic) bond motifs is 2. The average molecular weight is 272 g/mol. The van der Waals surface area contributed by atoms with Crippen molar-refractivity contribution < 1.29 is 0 Å². The van der Waals surface area contributed by atoms with Gasteiger partial charge in [-0.05, 0) is 30.5 Å². The van der Waals surface area contributed by atoms with Crippen molar-refractivity contribution in [2.24, 2.45) is 0 Å². The molecule has 2 aromatic carbocycles. The van der Waals surface area contributed by atoms with Crippen LogP contribution in [0, 0.1) is 6.92 Å². The number of pyridine rings is 2. The molecule has 0 aliphatic carbocycles. The summed E-state index contributed by atoms with van der Waals surface area (Å²) in [6, 6.07) is 22.4. The van der Waals surface area contributed by atoms with Crippen LogP contribution in [0.1, 0.15) is 5.69 Å². The zero-order valence-corrected chi connectivity index (χ0v) is 11.9. The zero-order valence-electron chi connectivity index (χ0n) is 11.9. The molecule has 0 bridgehead atoms. The SMILES string of the molecule is Cc1nccc2ccccc12.c1ccc2ncccc2c1. The van der Waals surface area contributed by atoms with E-state index in [-0.39, 0.29) is 0 Å². The highest BCUT2D eigenvalue weighted by Gasteiger charge is 1.93. The molecule has 4 rings (SSSR count). The number of nitrogens with zero attached hydrogens (tertiary/aromatic N) is 2. The Balaban J connectivity index is 0.000000126. The zero-order chi connectivity index (χ0) is 14.5. The Morgan fingerprint density at radius 2 is 1.33 bits per heavy atom. The molecular weight excluding hydrogens is 256 g/mol. The van der Waals surface area contributed by atoms with E-state index in [1.807, 2.05) is 61.8 Å². The Bertz CT molecular complexity index is 798. The third-order valence-corrected chi connectivity index (χ3v) is 3.39. The van der Waals surface area contributed by atoms with Crippen LogP contribution in [0.2, 0.25) is 0 Å². The third kappa shape index (κ3) is 3.06. The van der Waals surface area contributed by atoms with Gasteiger partial charge in [-0.3, -0.25) is 9.97 Å². The molecule has 0 saturated heterocycles. The van der Waals surface area contributed by atoms with Gasteiger partial charge in [-0.1, -0.05) is 48.5 Å². The Morgan fingerprint density at radius 3 is 2.14 bits per heavy atom. The van der Waals surface area contributed by atoms with Gasteiger partial charge in [0.1, 0.15) is 0 Å². The molecule has 0 unspecified atom stereocenters. The fourth-order valence-electron chi connectivity index (χ4n) is 2.29. The van der Waals surface area contributed by atoms with Gasteiger partial charge >= 0.3 is 0 Å². The van der Waals surface area contributed by atoms with Gasteiger partial charge in [0.2, 0.25) is 0 Å². The molecule has 2 nitrogen and oxygen atoms in total. The van der Waals surface area contributed by atoms with Crippen LogP contribution in [0.15, 0.2) is 79.1 Å². The lowest BCUT2D eigenvalue weighted by molar-refractivity contribution is 1.24. The second-order valence-corrected chi connectivity index (χ2v) is 4.81. The first kappa shape index (κ1) is 13.3. The van der Waals surface area contributed by atoms with Crippen LogP contribution < -0.4 is 0 Å². The first-order valence-electron chi connectivity index (χ1n) is 6.95. The molecule has 0 saturated carbocycles. The molecule has 0 amide bonds. The average Bonchev–Trinajstić information content (AvgIpc) is 2.56. The number of aromatic nitrogens is 2. The number of rotatable bonds is 0. The minimum atomic E-state index is 1.06. The fourth-order valence-corrected chi connectivity index (χ4v) is 2.29. The lowest BCUT2D eigenvalue weighted by Crippen LogP contribution is -1.80. The smallest absolute Gasteiger partial charge is 0.0701 e. The van der Waals surface area contributed by atoms with Crippen molar-refractivity contribution in [3.8, 4) is 0 Å². The quantitative estimate of drug-likeness (QED) is 0.460. The molecule has 2 heterocycles. The van der Waals surface area contributed by atoms with Gasteiger partial charge in [0.15, 0.2) is 0 Å². The summed E-state index contributed by atoms with van der Waals surface area (Å²) in [4.78, 5) is 8.39. The van der Waals surface area contributed by atoms with E-state index in [0.29, 0.717) is 0 Å².